The smallest absolute Gasteiger partial charge is 0.407 e. The molecule has 3 atom stereocenters. The topological polar surface area (TPSA) is 164 Å². The summed E-state index contributed by atoms with van der Waals surface area (Å²) in [4.78, 5) is 58.7. The Hall–Kier alpha value is -4.07. The second kappa shape index (κ2) is 16.5. The van der Waals surface area contributed by atoms with Crippen molar-refractivity contribution >= 4 is 39.5 Å². The lowest BCUT2D eigenvalue weighted by atomic mass is 9.76. The van der Waals surface area contributed by atoms with Crippen molar-refractivity contribution in [1.29, 1.82) is 0 Å². The summed E-state index contributed by atoms with van der Waals surface area (Å²) in [5, 5.41) is 5.35. The van der Waals surface area contributed by atoms with Crippen LogP contribution < -0.4 is 15.4 Å². The van der Waals surface area contributed by atoms with Gasteiger partial charge in [-0.2, -0.15) is 8.42 Å². The van der Waals surface area contributed by atoms with Crippen LogP contribution in [0.15, 0.2) is 53.7 Å². The Bertz CT molecular complexity index is 1640. The van der Waals surface area contributed by atoms with Gasteiger partial charge in [0.2, 0.25) is 11.8 Å². The van der Waals surface area contributed by atoms with E-state index in [0.717, 1.165) is 38.5 Å². The number of benzene rings is 1. The molecule has 3 aliphatic rings. The van der Waals surface area contributed by atoms with E-state index in [4.69, 9.17) is 4.74 Å². The summed E-state index contributed by atoms with van der Waals surface area (Å²) in [5.41, 5.74) is -0.201. The quantitative estimate of drug-likeness (QED) is 0.285. The summed E-state index contributed by atoms with van der Waals surface area (Å²) >= 11 is 0. The molecule has 1 saturated heterocycles. The van der Waals surface area contributed by atoms with Crippen LogP contribution in [0.1, 0.15) is 95.3 Å². The van der Waals surface area contributed by atoms with E-state index < -0.39 is 46.4 Å². The van der Waals surface area contributed by atoms with Gasteiger partial charge in [-0.1, -0.05) is 38.2 Å². The number of halogens is 1. The number of nitrogens with one attached hydrogen (secondary N) is 3. The molecule has 4 amide bonds. The van der Waals surface area contributed by atoms with E-state index in [1.165, 1.54) is 42.6 Å². The predicted molar refractivity (Wildman–Crippen MR) is 189 cm³/mol. The Morgan fingerprint density at radius 1 is 0.941 bits per heavy atom. The second-order valence-corrected chi connectivity index (χ2v) is 16.6. The van der Waals surface area contributed by atoms with Crippen molar-refractivity contribution in [2.24, 2.45) is 23.7 Å². The second-order valence-electron chi connectivity index (χ2n) is 15.0. The molecule has 0 spiro atoms. The third kappa shape index (κ3) is 9.84. The Labute approximate surface area is 299 Å². The standard InChI is InChI=1S/C37H50FN5O7S/c1-37(2,3)50-36(47)41-30(23-38)25-12-14-27(15-13-25)35(46)43-22-20-29(24-9-5-4-6-10-24)32(43)34(45)40-28-18-16-26(17-19-28)33(44)42-51(48,49)31-11-7-8-21-39-31/h7-8,11,16-19,21,24-25,27,29-30,32H,4-6,9-10,12-15,20,22-23H2,1-3H3,(H,40,45)(H,41,47)(H,42,44)/t25?,27?,29-,30+,32-/m0/s1. The number of hydrogen-bond acceptors (Lipinski definition) is 8. The van der Waals surface area contributed by atoms with Gasteiger partial charge in [-0.25, -0.2) is 18.9 Å². The molecule has 51 heavy (non-hydrogen) atoms. The number of carbonyl (C=O) groups is 4. The molecule has 278 valence electrons. The highest BCUT2D eigenvalue weighted by atomic mass is 32.2. The van der Waals surface area contributed by atoms with Gasteiger partial charge in [-0.05, 0) is 107 Å². The SMILES string of the molecule is CC(C)(C)OC(=O)N[C@H](CF)C1CCC(C(=O)N2CC[C@@H](C3CCCCC3)[C@H]2C(=O)Nc2ccc(C(=O)NS(=O)(=O)c3ccccn3)cc2)CC1. The van der Waals surface area contributed by atoms with Gasteiger partial charge in [-0.3, -0.25) is 14.4 Å². The number of alkyl halides is 1. The molecular weight excluding hydrogens is 678 g/mol. The lowest BCUT2D eigenvalue weighted by molar-refractivity contribution is -0.142. The minimum Gasteiger partial charge on any atom is -0.444 e. The number of likely N-dealkylation sites (tertiary alicyclic amines) is 1. The van der Waals surface area contributed by atoms with Crippen molar-refractivity contribution in [1.82, 2.24) is 19.9 Å². The molecule has 5 rings (SSSR count). The third-order valence-electron chi connectivity index (χ3n) is 10.4. The number of nitrogens with zero attached hydrogens (tertiary/aromatic N) is 2. The van der Waals surface area contributed by atoms with Crippen LogP contribution in [0.4, 0.5) is 14.9 Å². The first-order valence-electron chi connectivity index (χ1n) is 18.0. The van der Waals surface area contributed by atoms with Gasteiger partial charge in [-0.15, -0.1) is 0 Å². The van der Waals surface area contributed by atoms with Gasteiger partial charge < -0.3 is 20.3 Å². The summed E-state index contributed by atoms with van der Waals surface area (Å²) in [6, 6.07) is 8.92. The maximum absolute atomic E-state index is 14.1. The molecular formula is C37H50FN5O7S. The molecule has 14 heteroatoms. The van der Waals surface area contributed by atoms with E-state index in [2.05, 4.69) is 15.6 Å². The fourth-order valence-electron chi connectivity index (χ4n) is 7.86. The summed E-state index contributed by atoms with van der Waals surface area (Å²) in [6.07, 6.45) is 9.00. The van der Waals surface area contributed by atoms with Crippen molar-refractivity contribution in [2.45, 2.75) is 108 Å². The van der Waals surface area contributed by atoms with E-state index in [1.807, 2.05) is 4.72 Å². The van der Waals surface area contributed by atoms with Crippen LogP contribution >= 0.6 is 0 Å². The number of alkyl carbamates (subject to hydrolysis) is 1. The summed E-state index contributed by atoms with van der Waals surface area (Å²) < 4.78 is 46.5. The summed E-state index contributed by atoms with van der Waals surface area (Å²) in [7, 11) is -4.16. The van der Waals surface area contributed by atoms with Crippen molar-refractivity contribution in [3.63, 3.8) is 0 Å². The third-order valence-corrected chi connectivity index (χ3v) is 11.6. The van der Waals surface area contributed by atoms with Crippen LogP contribution in [-0.2, 0) is 24.3 Å². The molecule has 2 aromatic rings. The lowest BCUT2D eigenvalue weighted by Gasteiger charge is -2.37. The molecule has 2 saturated carbocycles. The van der Waals surface area contributed by atoms with Crippen molar-refractivity contribution in [3.8, 4) is 0 Å². The van der Waals surface area contributed by atoms with Gasteiger partial charge >= 0.3 is 6.09 Å². The number of aromatic nitrogens is 1. The number of pyridine rings is 1. The molecule has 3 N–H and O–H groups in total. The minimum absolute atomic E-state index is 0.0152. The molecule has 2 aliphatic carbocycles. The molecule has 1 aromatic heterocycles. The van der Waals surface area contributed by atoms with Gasteiger partial charge in [0.15, 0.2) is 5.03 Å². The molecule has 3 fully saturated rings. The molecule has 0 unspecified atom stereocenters. The molecule has 1 aromatic carbocycles. The highest BCUT2D eigenvalue weighted by molar-refractivity contribution is 7.90. The van der Waals surface area contributed by atoms with Crippen molar-refractivity contribution in [2.75, 3.05) is 18.5 Å². The van der Waals surface area contributed by atoms with E-state index in [9.17, 15) is 32.0 Å². The first-order valence-corrected chi connectivity index (χ1v) is 19.5. The Morgan fingerprint density at radius 3 is 2.24 bits per heavy atom. The zero-order valence-corrected chi connectivity index (χ0v) is 30.4. The molecule has 1 aliphatic heterocycles. The zero-order chi connectivity index (χ0) is 36.8. The fraction of sp³-hybridized carbons (Fsp3) is 0.595. The Kier molecular flexibility index (Phi) is 12.4. The van der Waals surface area contributed by atoms with E-state index in [-0.39, 0.29) is 40.2 Å². The molecule has 0 radical (unpaired) electrons. The largest absolute Gasteiger partial charge is 0.444 e. The number of amides is 4. The number of anilines is 1. The molecule has 0 bridgehead atoms. The summed E-state index contributed by atoms with van der Waals surface area (Å²) in [5.74, 6) is -1.27. The first kappa shape index (κ1) is 38.2. The zero-order valence-electron chi connectivity index (χ0n) is 29.6. The van der Waals surface area contributed by atoms with E-state index >= 15 is 0 Å². The maximum atomic E-state index is 14.1. The average Bonchev–Trinajstić information content (AvgIpc) is 3.56. The Morgan fingerprint density at radius 2 is 1.63 bits per heavy atom. The first-order chi connectivity index (χ1) is 24.3. The maximum Gasteiger partial charge on any atom is 0.407 e. The van der Waals surface area contributed by atoms with Gasteiger partial charge in [0.1, 0.15) is 18.3 Å². The highest BCUT2D eigenvalue weighted by Crippen LogP contribution is 2.41. The molecule has 12 nitrogen and oxygen atoms in total. The lowest BCUT2D eigenvalue weighted by Crippen LogP contribution is -2.50. The van der Waals surface area contributed by atoms with Gasteiger partial charge in [0.05, 0.1) is 6.04 Å². The van der Waals surface area contributed by atoms with Gasteiger partial charge in [0, 0.05) is 29.9 Å². The Balaban J connectivity index is 1.23. The van der Waals surface area contributed by atoms with Crippen LogP contribution in [0.5, 0.6) is 0 Å². The van der Waals surface area contributed by atoms with Crippen LogP contribution in [-0.4, -0.2) is 73.0 Å². The van der Waals surface area contributed by atoms with Crippen LogP contribution in [0.2, 0.25) is 0 Å². The number of hydrogen-bond donors (Lipinski definition) is 3. The van der Waals surface area contributed by atoms with E-state index in [1.54, 1.807) is 31.7 Å². The average molecular weight is 728 g/mol. The number of carbonyl (C=O) groups excluding carboxylic acids is 4. The monoisotopic (exact) mass is 727 g/mol. The number of ether oxygens (including phenoxy) is 1. The number of rotatable bonds is 10. The minimum atomic E-state index is -4.16. The van der Waals surface area contributed by atoms with Gasteiger partial charge in [0.25, 0.3) is 15.9 Å². The summed E-state index contributed by atoms with van der Waals surface area (Å²) in [6.45, 7) is 5.00. The fourth-order valence-corrected chi connectivity index (χ4v) is 8.78. The van der Waals surface area contributed by atoms with Crippen molar-refractivity contribution in [3.05, 3.63) is 54.2 Å². The van der Waals surface area contributed by atoms with Crippen LogP contribution in [0.25, 0.3) is 0 Å². The van der Waals surface area contributed by atoms with Crippen molar-refractivity contribution < 1.29 is 36.7 Å². The normalized spacial score (nSPS) is 23.6. The number of sulfonamides is 1. The molecule has 2 heterocycles. The van der Waals surface area contributed by atoms with Crippen LogP contribution in [0, 0.1) is 23.7 Å². The van der Waals surface area contributed by atoms with E-state index in [0.29, 0.717) is 43.8 Å². The van der Waals surface area contributed by atoms with Crippen LogP contribution in [0.3, 0.4) is 0 Å². The highest BCUT2D eigenvalue weighted by Gasteiger charge is 2.47. The predicted octanol–water partition coefficient (Wildman–Crippen LogP) is 5.61.